The summed E-state index contributed by atoms with van der Waals surface area (Å²) in [5, 5.41) is 0. The molecule has 6 heteroatoms. The van der Waals surface area contributed by atoms with Gasteiger partial charge < -0.3 is 0 Å². The van der Waals surface area contributed by atoms with Gasteiger partial charge in [-0.3, -0.25) is 0 Å². The third-order valence-electron chi connectivity index (χ3n) is 0. The Kier molecular flexibility index (Phi) is 198. The van der Waals surface area contributed by atoms with E-state index < -0.39 is 0 Å². The first-order chi connectivity index (χ1) is 1.00. The van der Waals surface area contributed by atoms with E-state index in [0.29, 0.717) is 0 Å². The molecule has 0 amide bonds. The molecule has 0 N–H and O–H groups in total. The molecule has 0 aliphatic heterocycles. The zero-order chi connectivity index (χ0) is 2.00. The second-order valence-electron chi connectivity index (χ2n) is 0. The van der Waals surface area contributed by atoms with Crippen LogP contribution in [0.1, 0.15) is 0 Å². The summed E-state index contributed by atoms with van der Waals surface area (Å²) in [7, 11) is 0. The fraction of sp³-hybridized carbons (Fsp3) is 0. The van der Waals surface area contributed by atoms with Gasteiger partial charge in [-0.2, -0.15) is 0 Å². The van der Waals surface area contributed by atoms with Crippen LogP contribution >= 0.6 is 0 Å². The summed E-state index contributed by atoms with van der Waals surface area (Å²) in [6, 6.07) is 0. The summed E-state index contributed by atoms with van der Waals surface area (Å²) >= 11 is 4.50. The third kappa shape index (κ3) is 24.7. The molecule has 0 aliphatic carbocycles. The molecule has 0 nitrogen and oxygen atoms in total. The Bertz CT molecular complexity index is 5.51. The van der Waals surface area contributed by atoms with Crippen molar-refractivity contribution in [1.29, 1.82) is 0 Å². The molecule has 0 unspecified atom stereocenters. The van der Waals surface area contributed by atoms with E-state index in [9.17, 15) is 0 Å². The van der Waals surface area contributed by atoms with Gasteiger partial charge >= 0.3 is 29.3 Å². The topological polar surface area (TPSA) is 0 Å². The molecule has 0 fully saturated rings. The van der Waals surface area contributed by atoms with Crippen molar-refractivity contribution < 1.29 is 114 Å². The molecule has 0 aromatic rings. The average molecular weight is 837 g/mol. The number of rotatable bonds is 0. The van der Waals surface area contributed by atoms with Crippen LogP contribution in [0.15, 0.2) is 0 Å². The standard InChI is InChI=1S/2V.4W. The molecular weight excluding hydrogens is 837 g/mol. The fourth-order valence-corrected chi connectivity index (χ4v) is 0. The summed E-state index contributed by atoms with van der Waals surface area (Å²) in [6.45, 7) is 0. The van der Waals surface area contributed by atoms with Crippen molar-refractivity contribution in [3.63, 3.8) is 0 Å². The maximum atomic E-state index is 2.25. The van der Waals surface area contributed by atoms with Crippen LogP contribution in [0.5, 0.6) is 0 Å². The summed E-state index contributed by atoms with van der Waals surface area (Å²) in [5.41, 5.74) is 0. The summed E-state index contributed by atoms with van der Waals surface area (Å²) in [6.07, 6.45) is 0. The van der Waals surface area contributed by atoms with Crippen LogP contribution in [0.25, 0.3) is 0 Å². The van der Waals surface area contributed by atoms with Gasteiger partial charge in [0.25, 0.3) is 0 Å². The number of hydrogen-bond donors (Lipinski definition) is 0. The van der Waals surface area contributed by atoms with Crippen LogP contribution in [-0.4, -0.2) is 0 Å². The van der Waals surface area contributed by atoms with Gasteiger partial charge in [-0.25, -0.2) is 0 Å². The van der Waals surface area contributed by atoms with Gasteiger partial charge in [0, 0.05) is 84.3 Å². The van der Waals surface area contributed by atoms with Crippen LogP contribution in [0, 0.1) is 0 Å². The van der Waals surface area contributed by atoms with Gasteiger partial charge in [-0.1, -0.05) is 0 Å². The minimum absolute atomic E-state index is 0. The van der Waals surface area contributed by atoms with Gasteiger partial charge in [-0.05, 0) is 0 Å². The van der Waals surface area contributed by atoms with Crippen molar-refractivity contribution in [1.82, 2.24) is 0 Å². The SMILES string of the molecule is [V]=[V].[W].[W].[W].[W]. The second-order valence-corrected chi connectivity index (χ2v) is 0. The van der Waals surface area contributed by atoms with Gasteiger partial charge in [0.15, 0.2) is 0 Å². The van der Waals surface area contributed by atoms with Crippen molar-refractivity contribution >= 4 is 0 Å². The van der Waals surface area contributed by atoms with Crippen LogP contribution in [-0.2, 0) is 114 Å². The average Bonchev–Trinajstić information content (AvgIpc) is 1.00. The first-order valence-corrected chi connectivity index (χ1v) is 3.40. The first-order valence-electron chi connectivity index (χ1n) is 0.200. The summed E-state index contributed by atoms with van der Waals surface area (Å²) in [5.74, 6) is 0. The molecule has 0 spiro atoms. The Morgan fingerprint density at radius 1 is 0.500 bits per heavy atom. The predicted molar refractivity (Wildman–Crippen MR) is 0 cm³/mol. The number of hydrogen-bond acceptors (Lipinski definition) is 0. The molecule has 0 heterocycles. The van der Waals surface area contributed by atoms with Crippen molar-refractivity contribution in [3.05, 3.63) is 0 Å². The van der Waals surface area contributed by atoms with E-state index >= 15 is 0 Å². The fourth-order valence-electron chi connectivity index (χ4n) is 0. The molecule has 34 valence electrons. The Balaban J connectivity index is -0.000000000833. The van der Waals surface area contributed by atoms with Gasteiger partial charge in [-0.15, -0.1) is 0 Å². The van der Waals surface area contributed by atoms with E-state index in [2.05, 4.69) is 29.3 Å². The smallest absolute Gasteiger partial charge is 0 e. The maximum Gasteiger partial charge on any atom is 0 e. The monoisotopic (exact) mass is 838 g/mol. The minimum Gasteiger partial charge on any atom is 0 e. The van der Waals surface area contributed by atoms with E-state index in [-0.39, 0.29) is 84.3 Å². The quantitative estimate of drug-likeness (QED) is 0.323. The minimum atomic E-state index is 0. The van der Waals surface area contributed by atoms with E-state index in [4.69, 9.17) is 0 Å². The molecule has 0 saturated carbocycles. The molecule has 0 rings (SSSR count). The van der Waals surface area contributed by atoms with Crippen LogP contribution in [0.3, 0.4) is 0 Å². The van der Waals surface area contributed by atoms with Crippen LogP contribution < -0.4 is 0 Å². The zero-order valence-electron chi connectivity index (χ0n) is 2.53. The summed E-state index contributed by atoms with van der Waals surface area (Å²) in [4.78, 5) is 0. The molecule has 0 radical (unpaired) electrons. The van der Waals surface area contributed by atoms with Crippen molar-refractivity contribution in [2.45, 2.75) is 0 Å². The Labute approximate surface area is 111 Å². The molecule has 0 aromatic carbocycles. The van der Waals surface area contributed by atoms with Crippen LogP contribution in [0.2, 0.25) is 0 Å². The van der Waals surface area contributed by atoms with Crippen molar-refractivity contribution in [3.8, 4) is 0 Å². The Morgan fingerprint density at radius 2 is 0.500 bits per heavy atom. The molecule has 0 saturated heterocycles. The summed E-state index contributed by atoms with van der Waals surface area (Å²) < 4.78 is 0. The van der Waals surface area contributed by atoms with Gasteiger partial charge in [0.2, 0.25) is 0 Å². The molecular formula is V2W4. The van der Waals surface area contributed by atoms with E-state index in [0.717, 1.165) is 0 Å². The molecule has 6 heavy (non-hydrogen) atoms. The maximum absolute atomic E-state index is 2.25. The zero-order valence-corrected chi connectivity index (χ0v) is 17.1. The molecule has 0 aromatic heterocycles. The van der Waals surface area contributed by atoms with Crippen LogP contribution in [0.4, 0.5) is 0 Å². The van der Waals surface area contributed by atoms with Crippen molar-refractivity contribution in [2.75, 3.05) is 0 Å². The Morgan fingerprint density at radius 3 is 0.500 bits per heavy atom. The van der Waals surface area contributed by atoms with Gasteiger partial charge in [0.1, 0.15) is 0 Å². The first kappa shape index (κ1) is 32.6. The Hall–Kier alpha value is 3.92. The van der Waals surface area contributed by atoms with E-state index in [1.54, 1.807) is 0 Å². The predicted octanol–water partition coefficient (Wildman–Crippen LogP) is -0.0150. The largest absolute Gasteiger partial charge is 0 e. The van der Waals surface area contributed by atoms with E-state index in [1.165, 1.54) is 0 Å². The third-order valence-corrected chi connectivity index (χ3v) is 0. The van der Waals surface area contributed by atoms with Crippen molar-refractivity contribution in [2.24, 2.45) is 0 Å². The molecule has 0 aliphatic rings. The van der Waals surface area contributed by atoms with Gasteiger partial charge in [0.05, 0.1) is 0 Å². The normalized spacial score (nSPS) is 0.333. The molecule has 0 bridgehead atoms. The molecule has 0 atom stereocenters. The second kappa shape index (κ2) is 36.4. The van der Waals surface area contributed by atoms with E-state index in [1.807, 2.05) is 0 Å².